The highest BCUT2D eigenvalue weighted by atomic mass is 32.1. The van der Waals surface area contributed by atoms with Gasteiger partial charge in [-0.1, -0.05) is 6.92 Å². The van der Waals surface area contributed by atoms with Gasteiger partial charge in [0.1, 0.15) is 5.00 Å². The van der Waals surface area contributed by atoms with Crippen LogP contribution in [0.2, 0.25) is 0 Å². The lowest BCUT2D eigenvalue weighted by molar-refractivity contribution is -0.126. The molecule has 2 rings (SSSR count). The van der Waals surface area contributed by atoms with Gasteiger partial charge >= 0.3 is 5.97 Å². The number of ether oxygens (including phenoxy) is 2. The molecule has 1 aliphatic heterocycles. The number of esters is 1. The molecule has 0 aliphatic carbocycles. The Morgan fingerprint density at radius 1 is 1.18 bits per heavy atom. The number of piperidine rings is 1. The van der Waals surface area contributed by atoms with Gasteiger partial charge in [0.25, 0.3) is 0 Å². The van der Waals surface area contributed by atoms with E-state index < -0.39 is 5.97 Å². The van der Waals surface area contributed by atoms with E-state index in [1.807, 2.05) is 27.7 Å². The predicted octanol–water partition coefficient (Wildman–Crippen LogP) is 3.38. The maximum absolute atomic E-state index is 12.7. The summed E-state index contributed by atoms with van der Waals surface area (Å²) in [4.78, 5) is 40.6. The topological polar surface area (TPSA) is 97.0 Å². The first-order valence-electron chi connectivity index (χ1n) is 12.0. The fraction of sp³-hybridized carbons (Fsp3) is 0.708. The lowest BCUT2D eigenvalue weighted by atomic mass is 9.96. The van der Waals surface area contributed by atoms with Crippen molar-refractivity contribution in [1.29, 1.82) is 0 Å². The minimum absolute atomic E-state index is 0.0159. The molecule has 8 nitrogen and oxygen atoms in total. The quantitative estimate of drug-likeness (QED) is 0.351. The first kappa shape index (κ1) is 27.3. The van der Waals surface area contributed by atoms with Crippen molar-refractivity contribution in [2.45, 2.75) is 66.4 Å². The number of nitrogens with zero attached hydrogens (tertiary/aromatic N) is 1. The Kier molecular flexibility index (Phi) is 11.3. The Balaban J connectivity index is 1.80. The van der Waals surface area contributed by atoms with Crippen LogP contribution in [0, 0.1) is 12.8 Å². The number of rotatable bonds is 12. The highest BCUT2D eigenvalue weighted by molar-refractivity contribution is 7.16. The Hall–Kier alpha value is -1.97. The van der Waals surface area contributed by atoms with E-state index in [-0.39, 0.29) is 30.4 Å². The summed E-state index contributed by atoms with van der Waals surface area (Å²) in [7, 11) is 0. The molecular formula is C24H39N3O5S. The van der Waals surface area contributed by atoms with E-state index in [9.17, 15) is 14.4 Å². The van der Waals surface area contributed by atoms with E-state index in [2.05, 4.69) is 15.5 Å². The third-order valence-corrected chi connectivity index (χ3v) is 6.76. The third kappa shape index (κ3) is 8.39. The van der Waals surface area contributed by atoms with Crippen LogP contribution in [0.4, 0.5) is 5.00 Å². The van der Waals surface area contributed by atoms with Gasteiger partial charge in [0.2, 0.25) is 11.8 Å². The van der Waals surface area contributed by atoms with Crippen LogP contribution in [-0.4, -0.2) is 68.2 Å². The highest BCUT2D eigenvalue weighted by Crippen LogP contribution is 2.34. The average Bonchev–Trinajstić information content (AvgIpc) is 3.08. The number of carbonyl (C=O) groups excluding carboxylic acids is 3. The van der Waals surface area contributed by atoms with Crippen LogP contribution in [-0.2, 0) is 25.5 Å². The van der Waals surface area contributed by atoms with Gasteiger partial charge in [-0.3, -0.25) is 14.5 Å². The van der Waals surface area contributed by atoms with Crippen LogP contribution < -0.4 is 10.6 Å². The molecule has 2 amide bonds. The summed E-state index contributed by atoms with van der Waals surface area (Å²) in [6.07, 6.45) is 3.17. The number of hydrogen-bond donors (Lipinski definition) is 2. The van der Waals surface area contributed by atoms with E-state index in [1.54, 1.807) is 6.92 Å². The molecule has 2 N–H and O–H groups in total. The Morgan fingerprint density at radius 2 is 1.88 bits per heavy atom. The summed E-state index contributed by atoms with van der Waals surface area (Å²) in [5.74, 6) is -0.476. The molecule has 0 spiro atoms. The third-order valence-electron chi connectivity index (χ3n) is 5.69. The molecule has 1 aliphatic rings. The molecule has 0 bridgehead atoms. The minimum atomic E-state index is -0.392. The zero-order chi connectivity index (χ0) is 24.4. The Morgan fingerprint density at radius 3 is 2.48 bits per heavy atom. The lowest BCUT2D eigenvalue weighted by Gasteiger charge is -2.30. The monoisotopic (exact) mass is 481 g/mol. The van der Waals surface area contributed by atoms with Gasteiger partial charge < -0.3 is 20.1 Å². The zero-order valence-electron chi connectivity index (χ0n) is 20.6. The number of nitrogens with one attached hydrogen (secondary N) is 2. The Labute approximate surface area is 201 Å². The maximum atomic E-state index is 12.7. The van der Waals surface area contributed by atoms with Gasteiger partial charge in [0.15, 0.2) is 0 Å². The van der Waals surface area contributed by atoms with E-state index in [1.165, 1.54) is 11.3 Å². The number of amides is 2. The molecule has 1 fully saturated rings. The SMILES string of the molecule is CCOC(=O)c1c(NC(=O)CN2CCC(C(=O)NCCCOC(C)C)CC2)sc(C)c1CC. The number of likely N-dealkylation sites (tertiary alicyclic amines) is 1. The molecule has 9 heteroatoms. The van der Waals surface area contributed by atoms with Gasteiger partial charge in [-0.15, -0.1) is 11.3 Å². The summed E-state index contributed by atoms with van der Waals surface area (Å²) >= 11 is 1.41. The molecular weight excluding hydrogens is 442 g/mol. The second kappa shape index (κ2) is 13.7. The van der Waals surface area contributed by atoms with Crippen LogP contribution in [0.25, 0.3) is 0 Å². The predicted molar refractivity (Wildman–Crippen MR) is 131 cm³/mol. The number of aryl methyl sites for hydroxylation is 1. The van der Waals surface area contributed by atoms with Gasteiger partial charge in [-0.25, -0.2) is 4.79 Å². The first-order chi connectivity index (χ1) is 15.8. The molecule has 1 aromatic heterocycles. The van der Waals surface area contributed by atoms with Crippen molar-refractivity contribution in [3.63, 3.8) is 0 Å². The molecule has 33 heavy (non-hydrogen) atoms. The molecule has 0 aromatic carbocycles. The van der Waals surface area contributed by atoms with Crippen LogP contribution in [0.5, 0.6) is 0 Å². The highest BCUT2D eigenvalue weighted by Gasteiger charge is 2.27. The smallest absolute Gasteiger partial charge is 0.341 e. The standard InChI is InChI=1S/C24H39N3O5S/c1-6-19-17(5)33-23(21(19)24(30)31-7-2)26-20(28)15-27-12-9-18(10-13-27)22(29)25-11-8-14-32-16(3)4/h16,18H,6-15H2,1-5H3,(H,25,29)(H,26,28). The Bertz CT molecular complexity index is 800. The summed E-state index contributed by atoms with van der Waals surface area (Å²) in [6.45, 7) is 12.9. The second-order valence-corrected chi connectivity index (χ2v) is 9.80. The molecule has 2 heterocycles. The average molecular weight is 482 g/mol. The largest absolute Gasteiger partial charge is 0.462 e. The van der Waals surface area contributed by atoms with Crippen molar-refractivity contribution in [3.05, 3.63) is 16.0 Å². The number of carbonyl (C=O) groups is 3. The summed E-state index contributed by atoms with van der Waals surface area (Å²) in [6, 6.07) is 0. The van der Waals surface area contributed by atoms with E-state index in [0.717, 1.165) is 29.7 Å². The zero-order valence-corrected chi connectivity index (χ0v) is 21.4. The first-order valence-corrected chi connectivity index (χ1v) is 12.8. The van der Waals surface area contributed by atoms with Crippen LogP contribution in [0.1, 0.15) is 67.8 Å². The molecule has 1 aromatic rings. The second-order valence-electron chi connectivity index (χ2n) is 8.58. The van der Waals surface area contributed by atoms with Gasteiger partial charge in [-0.2, -0.15) is 0 Å². The summed E-state index contributed by atoms with van der Waals surface area (Å²) < 4.78 is 10.7. The summed E-state index contributed by atoms with van der Waals surface area (Å²) in [5, 5.41) is 6.47. The van der Waals surface area contributed by atoms with Crippen molar-refractivity contribution in [1.82, 2.24) is 10.2 Å². The van der Waals surface area contributed by atoms with Crippen molar-refractivity contribution >= 4 is 34.1 Å². The summed E-state index contributed by atoms with van der Waals surface area (Å²) in [5.41, 5.74) is 1.40. The molecule has 0 radical (unpaired) electrons. The van der Waals surface area contributed by atoms with E-state index >= 15 is 0 Å². The molecule has 0 unspecified atom stereocenters. The maximum Gasteiger partial charge on any atom is 0.341 e. The van der Waals surface area contributed by atoms with E-state index in [0.29, 0.717) is 49.8 Å². The van der Waals surface area contributed by atoms with Crippen molar-refractivity contribution in [2.75, 3.05) is 44.7 Å². The van der Waals surface area contributed by atoms with Gasteiger partial charge in [0.05, 0.1) is 24.8 Å². The van der Waals surface area contributed by atoms with Gasteiger partial charge in [-0.05, 0) is 72.0 Å². The molecule has 0 atom stereocenters. The minimum Gasteiger partial charge on any atom is -0.462 e. The van der Waals surface area contributed by atoms with Crippen molar-refractivity contribution in [2.24, 2.45) is 5.92 Å². The fourth-order valence-corrected chi connectivity index (χ4v) is 5.13. The van der Waals surface area contributed by atoms with Crippen LogP contribution >= 0.6 is 11.3 Å². The molecule has 0 saturated carbocycles. The fourth-order valence-electron chi connectivity index (χ4n) is 3.98. The molecule has 1 saturated heterocycles. The normalized spacial score (nSPS) is 15.0. The number of hydrogen-bond acceptors (Lipinski definition) is 7. The van der Waals surface area contributed by atoms with Crippen LogP contribution in [0.3, 0.4) is 0 Å². The van der Waals surface area contributed by atoms with Gasteiger partial charge in [0, 0.05) is 23.9 Å². The number of anilines is 1. The van der Waals surface area contributed by atoms with Crippen molar-refractivity contribution in [3.8, 4) is 0 Å². The molecule has 186 valence electrons. The number of thiophene rings is 1. The van der Waals surface area contributed by atoms with Crippen molar-refractivity contribution < 1.29 is 23.9 Å². The van der Waals surface area contributed by atoms with Crippen LogP contribution in [0.15, 0.2) is 0 Å². The van der Waals surface area contributed by atoms with E-state index in [4.69, 9.17) is 9.47 Å². The lowest BCUT2D eigenvalue weighted by Crippen LogP contribution is -2.43.